The highest BCUT2D eigenvalue weighted by Gasteiger charge is 2.34. The van der Waals surface area contributed by atoms with Gasteiger partial charge in [-0.15, -0.1) is 0 Å². The van der Waals surface area contributed by atoms with Gasteiger partial charge < -0.3 is 21.6 Å². The van der Waals surface area contributed by atoms with Gasteiger partial charge in [0, 0.05) is 50.4 Å². The fraction of sp³-hybridized carbons (Fsp3) is 0.0303. The number of fused-ring (bicyclic) bond motifs is 4. The molecule has 6 N–H and O–H groups in total. The van der Waals surface area contributed by atoms with E-state index in [0.717, 1.165) is 78.1 Å². The highest BCUT2D eigenvalue weighted by atomic mass is 31.1. The van der Waals surface area contributed by atoms with E-state index in [-0.39, 0.29) is 8.88 Å². The zero-order valence-electron chi connectivity index (χ0n) is 40.9. The molecule has 0 spiro atoms. The number of nitrogens with two attached hydrogens (primary N) is 2. The van der Waals surface area contributed by atoms with Crippen LogP contribution in [0.25, 0.3) is 110 Å². The van der Waals surface area contributed by atoms with Gasteiger partial charge in [-0.3, -0.25) is 0 Å². The molecule has 0 bridgehead atoms. The van der Waals surface area contributed by atoms with E-state index in [0.29, 0.717) is 72.7 Å². The number of rotatable bonds is 10. The van der Waals surface area contributed by atoms with E-state index in [1.165, 1.54) is 18.2 Å². The molecular formula is C66H45F6N4P. The summed E-state index contributed by atoms with van der Waals surface area (Å²) in [5.41, 5.74) is 22.1. The molecule has 12 rings (SSSR count). The average molecular weight is 1040 g/mol. The summed E-state index contributed by atoms with van der Waals surface area (Å²) in [5, 5.41) is 14.6. The van der Waals surface area contributed by atoms with Crippen LogP contribution in [0.3, 0.4) is 0 Å². The van der Waals surface area contributed by atoms with Crippen molar-refractivity contribution in [2.75, 3.05) is 21.6 Å². The van der Waals surface area contributed by atoms with Crippen LogP contribution in [-0.2, 0) is 12.4 Å². The molecule has 1 atom stereocenters. The summed E-state index contributed by atoms with van der Waals surface area (Å²) in [5.74, 6) is 0. The minimum Gasteiger partial charge on any atom is -0.398 e. The van der Waals surface area contributed by atoms with Crippen molar-refractivity contribution < 1.29 is 26.3 Å². The summed E-state index contributed by atoms with van der Waals surface area (Å²) in [6, 6.07) is 69.1. The van der Waals surface area contributed by atoms with Crippen LogP contribution in [0.15, 0.2) is 231 Å². The van der Waals surface area contributed by atoms with E-state index in [1.54, 1.807) is 54.6 Å². The Morgan fingerprint density at radius 2 is 0.753 bits per heavy atom. The first kappa shape index (κ1) is 48.8. The number of hydrogen-bond donors (Lipinski definition) is 4. The van der Waals surface area contributed by atoms with Gasteiger partial charge in [0.2, 0.25) is 0 Å². The van der Waals surface area contributed by atoms with Crippen molar-refractivity contribution in [1.82, 2.24) is 0 Å². The summed E-state index contributed by atoms with van der Waals surface area (Å²) in [6.45, 7) is 0. The lowest BCUT2D eigenvalue weighted by atomic mass is 9.83. The second kappa shape index (κ2) is 19.5. The predicted molar refractivity (Wildman–Crippen MR) is 310 cm³/mol. The maximum Gasteiger partial charge on any atom is 0.416 e. The van der Waals surface area contributed by atoms with E-state index < -0.39 is 23.5 Å². The highest BCUT2D eigenvalue weighted by molar-refractivity contribution is 7.41. The first-order chi connectivity index (χ1) is 37.3. The smallest absolute Gasteiger partial charge is 0.398 e. The van der Waals surface area contributed by atoms with Crippen molar-refractivity contribution in [3.63, 3.8) is 0 Å². The van der Waals surface area contributed by atoms with Gasteiger partial charge in [0.05, 0.1) is 25.7 Å². The molecule has 0 radical (unpaired) electrons. The van der Waals surface area contributed by atoms with E-state index in [2.05, 4.69) is 40.5 Å². The number of nitrogens with one attached hydrogen (secondary N) is 2. The Morgan fingerprint density at radius 3 is 1.29 bits per heavy atom. The summed E-state index contributed by atoms with van der Waals surface area (Å²) < 4.78 is 88.0. The molecule has 4 nitrogen and oxygen atoms in total. The topological polar surface area (TPSA) is 76.1 Å². The van der Waals surface area contributed by atoms with Gasteiger partial charge in [-0.05, 0) is 125 Å². The number of anilines is 4. The lowest BCUT2D eigenvalue weighted by Gasteiger charge is -2.26. The second-order valence-electron chi connectivity index (χ2n) is 18.9. The minimum absolute atomic E-state index is 0.273. The van der Waals surface area contributed by atoms with Crippen molar-refractivity contribution >= 4 is 74.7 Å². The van der Waals surface area contributed by atoms with Gasteiger partial charge in [0.1, 0.15) is 0 Å². The third kappa shape index (κ3) is 9.00. The lowest BCUT2D eigenvalue weighted by Crippen LogP contribution is -2.06. The molecule has 1 unspecified atom stereocenters. The van der Waals surface area contributed by atoms with Crippen molar-refractivity contribution in [1.29, 1.82) is 0 Å². The van der Waals surface area contributed by atoms with Crippen molar-refractivity contribution in [3.8, 4) is 66.8 Å². The Kier molecular flexibility index (Phi) is 12.4. The SMILES string of the molecule is Nc1ccc2ccccc2c1-c1c(NPNc2c(-c3ccc(C(F)(F)F)cc3-c3ccccc3)cc3ccccc3c2-c2c(N)c(-c3ccc(C(F)(F)F)cc3-c3ccccc3)cc3ccccc23)ccc2ccccc12. The molecule has 77 heavy (non-hydrogen) atoms. The minimum atomic E-state index is -4.64. The van der Waals surface area contributed by atoms with Crippen LogP contribution in [0.1, 0.15) is 11.1 Å². The predicted octanol–water partition coefficient (Wildman–Crippen LogP) is 19.5. The number of benzene rings is 12. The summed E-state index contributed by atoms with van der Waals surface area (Å²) in [6.07, 6.45) is -9.26. The standard InChI is InChI=1S/C66H45F6N4P/c67-65(68,69)45-29-31-51(53(37-45)39-15-3-1-4-16-39)55-35-43-21-9-13-25-49(43)61(63(55)74)62-50-26-14-10-22-44(50)36-56(52-32-30-46(66(70,71)72)38-54(52)40-17-5-2-6-18-40)64(62)76-77-75-58-34-28-42-20-8-12-24-48(42)60(58)59-47-23-11-7-19-41(47)27-33-57(59)73/h1-38,75-77H,73-74H2. The number of halogens is 6. The lowest BCUT2D eigenvalue weighted by molar-refractivity contribution is -0.138. The van der Waals surface area contributed by atoms with Gasteiger partial charge in [-0.1, -0.05) is 182 Å². The molecule has 376 valence electrons. The molecule has 11 heteroatoms. The van der Waals surface area contributed by atoms with Crippen molar-refractivity contribution in [3.05, 3.63) is 242 Å². The highest BCUT2D eigenvalue weighted by Crippen LogP contribution is 2.54. The molecule has 0 saturated heterocycles. The van der Waals surface area contributed by atoms with Crippen LogP contribution in [0.2, 0.25) is 0 Å². The molecular weight excluding hydrogens is 994 g/mol. The third-order valence-corrected chi connectivity index (χ3v) is 15.1. The molecule has 12 aromatic carbocycles. The van der Waals surface area contributed by atoms with Gasteiger partial charge >= 0.3 is 12.4 Å². The molecule has 0 fully saturated rings. The molecule has 0 aromatic heterocycles. The Morgan fingerprint density at radius 1 is 0.325 bits per heavy atom. The quantitative estimate of drug-likeness (QED) is 0.0625. The van der Waals surface area contributed by atoms with E-state index in [1.807, 2.05) is 109 Å². The van der Waals surface area contributed by atoms with Crippen LogP contribution in [0, 0.1) is 0 Å². The maximum absolute atomic E-state index is 14.8. The summed E-state index contributed by atoms with van der Waals surface area (Å²) in [7, 11) is -0.273. The van der Waals surface area contributed by atoms with Crippen molar-refractivity contribution in [2.45, 2.75) is 12.4 Å². The molecule has 0 saturated carbocycles. The Hall–Kier alpha value is -9.11. The monoisotopic (exact) mass is 1040 g/mol. The third-order valence-electron chi connectivity index (χ3n) is 14.4. The zero-order valence-corrected chi connectivity index (χ0v) is 41.9. The first-order valence-corrected chi connectivity index (χ1v) is 25.8. The van der Waals surface area contributed by atoms with Crippen molar-refractivity contribution in [2.24, 2.45) is 0 Å². The largest absolute Gasteiger partial charge is 0.416 e. The van der Waals surface area contributed by atoms with Gasteiger partial charge in [-0.2, -0.15) is 26.3 Å². The fourth-order valence-corrected chi connectivity index (χ4v) is 11.6. The van der Waals surface area contributed by atoms with Crippen LogP contribution < -0.4 is 21.6 Å². The van der Waals surface area contributed by atoms with Crippen LogP contribution in [-0.4, -0.2) is 0 Å². The maximum atomic E-state index is 14.8. The van der Waals surface area contributed by atoms with E-state index in [9.17, 15) is 26.3 Å². The molecule has 0 aliphatic heterocycles. The molecule has 0 aliphatic rings. The Bertz CT molecular complexity index is 4250. The molecule has 0 amide bonds. The van der Waals surface area contributed by atoms with Gasteiger partial charge in [0.25, 0.3) is 0 Å². The molecule has 0 aliphatic carbocycles. The fourth-order valence-electron chi connectivity index (χ4n) is 10.8. The number of nitrogen functional groups attached to an aromatic ring is 2. The zero-order chi connectivity index (χ0) is 53.0. The van der Waals surface area contributed by atoms with Gasteiger partial charge in [-0.25, -0.2) is 0 Å². The summed E-state index contributed by atoms with van der Waals surface area (Å²) >= 11 is 0. The second-order valence-corrected chi connectivity index (χ2v) is 19.7. The van der Waals surface area contributed by atoms with Crippen LogP contribution in [0.5, 0.6) is 0 Å². The number of hydrogen-bond acceptors (Lipinski definition) is 4. The van der Waals surface area contributed by atoms with E-state index >= 15 is 0 Å². The Labute approximate surface area is 441 Å². The van der Waals surface area contributed by atoms with Gasteiger partial charge in [0.15, 0.2) is 0 Å². The van der Waals surface area contributed by atoms with Crippen LogP contribution in [0.4, 0.5) is 49.1 Å². The summed E-state index contributed by atoms with van der Waals surface area (Å²) in [4.78, 5) is 0. The average Bonchev–Trinajstić information content (AvgIpc) is 3.45. The van der Waals surface area contributed by atoms with E-state index in [4.69, 9.17) is 11.5 Å². The number of alkyl halides is 6. The Balaban J connectivity index is 1.14. The normalized spacial score (nSPS) is 12.1. The van der Waals surface area contributed by atoms with Crippen LogP contribution >= 0.6 is 8.88 Å². The first-order valence-electron chi connectivity index (χ1n) is 24.8. The molecule has 0 heterocycles. The molecule has 12 aromatic rings.